The molecule has 2 aromatic heterocycles. The van der Waals surface area contributed by atoms with Gasteiger partial charge >= 0.3 is 0 Å². The van der Waals surface area contributed by atoms with Crippen LogP contribution < -0.4 is 0 Å². The second-order valence-corrected chi connectivity index (χ2v) is 2.53. The molecule has 0 saturated carbocycles. The van der Waals surface area contributed by atoms with Crippen molar-refractivity contribution in [1.82, 2.24) is 9.38 Å². The van der Waals surface area contributed by atoms with Gasteiger partial charge in [0.15, 0.2) is 0 Å². The molecule has 0 spiro atoms. The molecule has 0 aliphatic carbocycles. The largest absolute Gasteiger partial charge is 0.304 e. The van der Waals surface area contributed by atoms with Crippen LogP contribution in [0.5, 0.6) is 0 Å². The van der Waals surface area contributed by atoms with E-state index in [0.29, 0.717) is 5.65 Å². The summed E-state index contributed by atoms with van der Waals surface area (Å²) < 4.78 is 14.2. The van der Waals surface area contributed by atoms with E-state index in [-0.39, 0.29) is 0 Å². The number of rotatable bonds is 0. The Labute approximate surface area is 63.3 Å². The maximum atomic E-state index is 12.5. The number of pyridine rings is 1. The Morgan fingerprint density at radius 1 is 1.55 bits per heavy atom. The lowest BCUT2D eigenvalue weighted by Crippen LogP contribution is -1.81. The zero-order valence-corrected chi connectivity index (χ0v) is 6.08. The molecule has 0 bridgehead atoms. The molecule has 2 heterocycles. The number of halogens is 1. The van der Waals surface area contributed by atoms with Crippen molar-refractivity contribution in [1.29, 1.82) is 0 Å². The van der Waals surface area contributed by atoms with Crippen LogP contribution in [0.15, 0.2) is 24.5 Å². The Bertz CT molecular complexity index is 392. The van der Waals surface area contributed by atoms with E-state index in [1.165, 1.54) is 6.20 Å². The average molecular weight is 150 g/mol. The first kappa shape index (κ1) is 6.34. The highest BCUT2D eigenvalue weighted by Gasteiger charge is 1.97. The first-order valence-electron chi connectivity index (χ1n) is 3.36. The molecule has 0 unspecified atom stereocenters. The zero-order chi connectivity index (χ0) is 7.84. The number of imidazole rings is 1. The van der Waals surface area contributed by atoms with Crippen molar-refractivity contribution < 1.29 is 4.39 Å². The monoisotopic (exact) mass is 150 g/mol. The van der Waals surface area contributed by atoms with E-state index in [4.69, 9.17) is 0 Å². The van der Waals surface area contributed by atoms with Crippen molar-refractivity contribution in [2.24, 2.45) is 0 Å². The van der Waals surface area contributed by atoms with Crippen LogP contribution in [0.1, 0.15) is 5.56 Å². The Balaban J connectivity index is 2.82. The highest BCUT2D eigenvalue weighted by atomic mass is 19.1. The van der Waals surface area contributed by atoms with Gasteiger partial charge < -0.3 is 4.40 Å². The molecule has 0 aliphatic heterocycles. The number of fused-ring (bicyclic) bond motifs is 1. The molecule has 0 radical (unpaired) electrons. The summed E-state index contributed by atoms with van der Waals surface area (Å²) in [6, 6.07) is 3.75. The van der Waals surface area contributed by atoms with E-state index in [0.717, 1.165) is 5.56 Å². The molecule has 0 N–H and O–H groups in total. The summed E-state index contributed by atoms with van der Waals surface area (Å²) in [6.45, 7) is 1.95. The van der Waals surface area contributed by atoms with Gasteiger partial charge in [-0.25, -0.2) is 4.98 Å². The second kappa shape index (κ2) is 2.05. The molecule has 0 fully saturated rings. The lowest BCUT2D eigenvalue weighted by molar-refractivity contribution is 0.592. The van der Waals surface area contributed by atoms with Crippen LogP contribution in [-0.4, -0.2) is 9.38 Å². The molecule has 2 nitrogen and oxygen atoms in total. The molecule has 3 heteroatoms. The molecule has 2 aromatic rings. The number of aryl methyl sites for hydroxylation is 1. The smallest absolute Gasteiger partial charge is 0.231 e. The normalized spacial score (nSPS) is 10.7. The quantitative estimate of drug-likeness (QED) is 0.559. The third-order valence-electron chi connectivity index (χ3n) is 1.59. The summed E-state index contributed by atoms with van der Waals surface area (Å²) in [5.41, 5.74) is 1.74. The van der Waals surface area contributed by atoms with Gasteiger partial charge in [-0.05, 0) is 24.6 Å². The van der Waals surface area contributed by atoms with Gasteiger partial charge in [-0.3, -0.25) is 0 Å². The third-order valence-corrected chi connectivity index (χ3v) is 1.59. The standard InChI is InChI=1S/C8H7FN2/c1-6-2-3-11-5-7(9)10-8(11)4-6/h2-5H,1H3. The Kier molecular flexibility index (Phi) is 1.18. The fourth-order valence-corrected chi connectivity index (χ4v) is 1.05. The molecular weight excluding hydrogens is 143 g/mol. The van der Waals surface area contributed by atoms with Crippen molar-refractivity contribution >= 4 is 5.65 Å². The number of nitrogens with zero attached hydrogens (tertiary/aromatic N) is 2. The fraction of sp³-hybridized carbons (Fsp3) is 0.125. The number of hydrogen-bond acceptors (Lipinski definition) is 1. The van der Waals surface area contributed by atoms with E-state index in [2.05, 4.69) is 4.98 Å². The first-order valence-corrected chi connectivity index (χ1v) is 3.36. The summed E-state index contributed by atoms with van der Waals surface area (Å²) in [5, 5.41) is 0. The molecule has 2 rings (SSSR count). The molecule has 0 amide bonds. The maximum absolute atomic E-state index is 12.5. The van der Waals surface area contributed by atoms with Crippen LogP contribution in [0.4, 0.5) is 4.39 Å². The predicted octanol–water partition coefficient (Wildman–Crippen LogP) is 1.78. The van der Waals surface area contributed by atoms with Crippen LogP contribution in [0.25, 0.3) is 5.65 Å². The van der Waals surface area contributed by atoms with Crippen LogP contribution in [0.2, 0.25) is 0 Å². The Morgan fingerprint density at radius 3 is 3.18 bits per heavy atom. The molecule has 0 aromatic carbocycles. The van der Waals surface area contributed by atoms with Crippen molar-refractivity contribution in [3.05, 3.63) is 36.0 Å². The van der Waals surface area contributed by atoms with E-state index in [9.17, 15) is 4.39 Å². The topological polar surface area (TPSA) is 17.3 Å². The minimum atomic E-state index is -0.435. The fourth-order valence-electron chi connectivity index (χ4n) is 1.05. The molecule has 0 saturated heterocycles. The second-order valence-electron chi connectivity index (χ2n) is 2.53. The van der Waals surface area contributed by atoms with Crippen LogP contribution >= 0.6 is 0 Å². The molecule has 0 atom stereocenters. The third kappa shape index (κ3) is 0.981. The maximum Gasteiger partial charge on any atom is 0.231 e. The van der Waals surface area contributed by atoms with Gasteiger partial charge in [0.25, 0.3) is 0 Å². The van der Waals surface area contributed by atoms with E-state index in [1.54, 1.807) is 10.6 Å². The molecular formula is C8H7FN2. The highest BCUT2D eigenvalue weighted by molar-refractivity contribution is 5.40. The van der Waals surface area contributed by atoms with E-state index < -0.39 is 5.95 Å². The van der Waals surface area contributed by atoms with Crippen molar-refractivity contribution in [3.63, 3.8) is 0 Å². The lowest BCUT2D eigenvalue weighted by atomic mass is 10.3. The lowest BCUT2D eigenvalue weighted by Gasteiger charge is -1.92. The SMILES string of the molecule is Cc1ccn2cc(F)nc2c1. The Morgan fingerprint density at radius 2 is 2.36 bits per heavy atom. The summed E-state index contributed by atoms with van der Waals surface area (Å²) in [7, 11) is 0. The van der Waals surface area contributed by atoms with Gasteiger partial charge in [-0.15, -0.1) is 0 Å². The summed E-state index contributed by atoms with van der Waals surface area (Å²) in [6.07, 6.45) is 3.15. The van der Waals surface area contributed by atoms with E-state index in [1.807, 2.05) is 19.1 Å². The van der Waals surface area contributed by atoms with Gasteiger partial charge in [0, 0.05) is 6.20 Å². The Hall–Kier alpha value is -1.38. The van der Waals surface area contributed by atoms with Crippen LogP contribution in [-0.2, 0) is 0 Å². The molecule has 11 heavy (non-hydrogen) atoms. The van der Waals surface area contributed by atoms with Crippen molar-refractivity contribution in [3.8, 4) is 0 Å². The number of hydrogen-bond donors (Lipinski definition) is 0. The minimum absolute atomic E-state index is 0.435. The van der Waals surface area contributed by atoms with Gasteiger partial charge in [-0.2, -0.15) is 4.39 Å². The highest BCUT2D eigenvalue weighted by Crippen LogP contribution is 2.05. The molecule has 56 valence electrons. The predicted molar refractivity (Wildman–Crippen MR) is 39.9 cm³/mol. The summed E-state index contributed by atoms with van der Waals surface area (Å²) in [5.74, 6) is -0.435. The van der Waals surface area contributed by atoms with E-state index >= 15 is 0 Å². The van der Waals surface area contributed by atoms with Crippen molar-refractivity contribution in [2.75, 3.05) is 0 Å². The zero-order valence-electron chi connectivity index (χ0n) is 6.08. The average Bonchev–Trinajstić information content (AvgIpc) is 2.27. The molecule has 0 aliphatic rings. The van der Waals surface area contributed by atoms with Gasteiger partial charge in [-0.1, -0.05) is 0 Å². The van der Waals surface area contributed by atoms with Crippen LogP contribution in [0, 0.1) is 12.9 Å². The van der Waals surface area contributed by atoms with Crippen molar-refractivity contribution in [2.45, 2.75) is 6.92 Å². The van der Waals surface area contributed by atoms with Gasteiger partial charge in [0.1, 0.15) is 5.65 Å². The van der Waals surface area contributed by atoms with Crippen LogP contribution in [0.3, 0.4) is 0 Å². The minimum Gasteiger partial charge on any atom is -0.304 e. The first-order chi connectivity index (χ1) is 5.25. The van der Waals surface area contributed by atoms with Gasteiger partial charge in [0.2, 0.25) is 5.95 Å². The summed E-state index contributed by atoms with van der Waals surface area (Å²) in [4.78, 5) is 3.67. The van der Waals surface area contributed by atoms with Gasteiger partial charge in [0.05, 0.1) is 6.20 Å². The summed E-state index contributed by atoms with van der Waals surface area (Å²) >= 11 is 0. The number of aromatic nitrogens is 2.